The molecule has 198 valence electrons. The number of pyridine rings is 1. The van der Waals surface area contributed by atoms with Crippen LogP contribution in [0, 0.1) is 0 Å². The van der Waals surface area contributed by atoms with Crippen LogP contribution in [0.15, 0.2) is 83.5 Å². The van der Waals surface area contributed by atoms with Crippen LogP contribution in [0.1, 0.15) is 49.1 Å². The molecule has 0 radical (unpaired) electrons. The van der Waals surface area contributed by atoms with Gasteiger partial charge in [-0.3, -0.25) is 14.6 Å². The van der Waals surface area contributed by atoms with Crippen LogP contribution in [-0.4, -0.2) is 53.5 Å². The van der Waals surface area contributed by atoms with Crippen LogP contribution in [0.2, 0.25) is 0 Å². The molecule has 0 spiro atoms. The monoisotopic (exact) mass is 533 g/mol. The molecule has 1 aliphatic heterocycles. The summed E-state index contributed by atoms with van der Waals surface area (Å²) in [5.74, 6) is -1.90. The predicted molar refractivity (Wildman–Crippen MR) is 145 cm³/mol. The maximum absolute atomic E-state index is 13.3. The van der Waals surface area contributed by atoms with E-state index in [4.69, 9.17) is 0 Å². The van der Waals surface area contributed by atoms with Crippen LogP contribution >= 0.6 is 0 Å². The fraction of sp³-hybridized carbons (Fsp3) is 0.276. The zero-order chi connectivity index (χ0) is 27.8. The fourth-order valence-corrected chi connectivity index (χ4v) is 5.30. The van der Waals surface area contributed by atoms with Gasteiger partial charge in [-0.05, 0) is 52.4 Å². The van der Waals surface area contributed by atoms with Crippen molar-refractivity contribution in [2.24, 2.45) is 0 Å². The normalized spacial score (nSPS) is 17.8. The standard InChI is InChI=1S/C29H31N3O5S/c1-29(2,3)22-12-8-20(9-13-22)25-24(27(34)28(35)32(25)18-19-7-6-16-30-17-19)26(33)21-10-14-23(15-11-21)38(36,37)31(4)5/h6-17,25,33H,18H2,1-5H3/t25-/m0/s1. The number of likely N-dealkylation sites (tertiary alicyclic amines) is 1. The zero-order valence-corrected chi connectivity index (χ0v) is 22.9. The van der Waals surface area contributed by atoms with E-state index < -0.39 is 27.8 Å². The van der Waals surface area contributed by atoms with Crippen molar-refractivity contribution in [1.82, 2.24) is 14.2 Å². The molecule has 9 heteroatoms. The number of Topliss-reactive ketones (excluding diaryl/α,β-unsaturated/α-hetero) is 1. The molecule has 1 amide bonds. The summed E-state index contributed by atoms with van der Waals surface area (Å²) in [6, 6.07) is 16.0. The lowest BCUT2D eigenvalue weighted by atomic mass is 9.85. The van der Waals surface area contributed by atoms with Gasteiger partial charge in [0.05, 0.1) is 16.5 Å². The number of carbonyl (C=O) groups is 2. The van der Waals surface area contributed by atoms with Gasteiger partial charge in [0.2, 0.25) is 10.0 Å². The van der Waals surface area contributed by atoms with E-state index in [0.29, 0.717) is 5.56 Å². The predicted octanol–water partition coefficient (Wildman–Crippen LogP) is 4.25. The second-order valence-corrected chi connectivity index (χ2v) is 12.6. The molecule has 0 aliphatic carbocycles. The number of carbonyl (C=O) groups excluding carboxylic acids is 2. The number of nitrogens with zero attached hydrogens (tertiary/aromatic N) is 3. The molecule has 4 rings (SSSR count). The van der Waals surface area contributed by atoms with Gasteiger partial charge in [0.15, 0.2) is 0 Å². The smallest absolute Gasteiger partial charge is 0.295 e. The third-order valence-electron chi connectivity index (χ3n) is 6.61. The average molecular weight is 534 g/mol. The maximum Gasteiger partial charge on any atom is 0.295 e. The number of sulfonamides is 1. The Morgan fingerprint density at radius 2 is 1.63 bits per heavy atom. The summed E-state index contributed by atoms with van der Waals surface area (Å²) in [6.07, 6.45) is 3.25. The van der Waals surface area contributed by atoms with Crippen molar-refractivity contribution in [2.75, 3.05) is 14.1 Å². The Bertz CT molecular complexity index is 1490. The van der Waals surface area contributed by atoms with Gasteiger partial charge in [0, 0.05) is 38.6 Å². The molecular formula is C29H31N3O5S. The van der Waals surface area contributed by atoms with Crippen LogP contribution in [0.4, 0.5) is 0 Å². The molecule has 0 unspecified atom stereocenters. The SMILES string of the molecule is CN(C)S(=O)(=O)c1ccc(C(O)=C2C(=O)C(=O)N(Cc3cccnc3)[C@H]2c2ccc(C(C)(C)C)cc2)cc1. The summed E-state index contributed by atoms with van der Waals surface area (Å²) in [5.41, 5.74) is 2.59. The molecule has 0 saturated carbocycles. The van der Waals surface area contributed by atoms with E-state index in [9.17, 15) is 23.1 Å². The molecule has 1 fully saturated rings. The molecule has 1 atom stereocenters. The number of amides is 1. The van der Waals surface area contributed by atoms with Gasteiger partial charge >= 0.3 is 0 Å². The molecule has 2 heterocycles. The molecule has 1 aromatic heterocycles. The first-order chi connectivity index (χ1) is 17.8. The van der Waals surface area contributed by atoms with E-state index >= 15 is 0 Å². The van der Waals surface area contributed by atoms with Gasteiger partial charge in [-0.2, -0.15) is 0 Å². The summed E-state index contributed by atoms with van der Waals surface area (Å²) in [4.78, 5) is 32.2. The van der Waals surface area contributed by atoms with Gasteiger partial charge in [-0.15, -0.1) is 0 Å². The van der Waals surface area contributed by atoms with Crippen molar-refractivity contribution in [3.63, 3.8) is 0 Å². The minimum Gasteiger partial charge on any atom is -0.507 e. The summed E-state index contributed by atoms with van der Waals surface area (Å²) in [7, 11) is -0.814. The maximum atomic E-state index is 13.3. The Labute approximate surface area is 223 Å². The van der Waals surface area contributed by atoms with Crippen molar-refractivity contribution in [3.8, 4) is 0 Å². The minimum absolute atomic E-state index is 0.0467. The van der Waals surface area contributed by atoms with E-state index in [0.717, 1.165) is 15.4 Å². The molecule has 8 nitrogen and oxygen atoms in total. The van der Waals surface area contributed by atoms with Gasteiger partial charge in [0.25, 0.3) is 11.7 Å². The van der Waals surface area contributed by atoms with E-state index in [1.54, 1.807) is 18.5 Å². The minimum atomic E-state index is -3.67. The molecule has 1 aliphatic rings. The van der Waals surface area contributed by atoms with Gasteiger partial charge in [-0.1, -0.05) is 51.1 Å². The Balaban J connectivity index is 1.83. The summed E-state index contributed by atoms with van der Waals surface area (Å²) < 4.78 is 26.0. The number of aliphatic hydroxyl groups is 1. The topological polar surface area (TPSA) is 108 Å². The fourth-order valence-electron chi connectivity index (χ4n) is 4.39. The lowest BCUT2D eigenvalue weighted by Crippen LogP contribution is -2.29. The van der Waals surface area contributed by atoms with Crippen LogP contribution in [0.25, 0.3) is 5.76 Å². The van der Waals surface area contributed by atoms with Crippen LogP contribution in [0.5, 0.6) is 0 Å². The van der Waals surface area contributed by atoms with E-state index in [1.165, 1.54) is 43.3 Å². The molecular weight excluding hydrogens is 502 g/mol. The summed E-state index contributed by atoms with van der Waals surface area (Å²) in [5, 5.41) is 11.3. The highest BCUT2D eigenvalue weighted by atomic mass is 32.2. The Morgan fingerprint density at radius 3 is 2.16 bits per heavy atom. The molecule has 1 saturated heterocycles. The van der Waals surface area contributed by atoms with Crippen LogP contribution in [-0.2, 0) is 31.6 Å². The lowest BCUT2D eigenvalue weighted by molar-refractivity contribution is -0.140. The summed E-state index contributed by atoms with van der Waals surface area (Å²) >= 11 is 0. The number of aromatic nitrogens is 1. The van der Waals surface area contributed by atoms with Gasteiger partial charge < -0.3 is 10.0 Å². The van der Waals surface area contributed by atoms with Crippen LogP contribution < -0.4 is 0 Å². The van der Waals surface area contributed by atoms with Crippen molar-refractivity contribution < 1.29 is 23.1 Å². The lowest BCUT2D eigenvalue weighted by Gasteiger charge is -2.26. The molecule has 3 aromatic rings. The van der Waals surface area contributed by atoms with Crippen molar-refractivity contribution in [2.45, 2.75) is 43.7 Å². The van der Waals surface area contributed by atoms with E-state index in [1.807, 2.05) is 30.3 Å². The molecule has 38 heavy (non-hydrogen) atoms. The molecule has 0 bridgehead atoms. The van der Waals surface area contributed by atoms with Crippen LogP contribution in [0.3, 0.4) is 0 Å². The Morgan fingerprint density at radius 1 is 1.00 bits per heavy atom. The first-order valence-corrected chi connectivity index (χ1v) is 13.6. The van der Waals surface area contributed by atoms with E-state index in [-0.39, 0.29) is 33.8 Å². The first-order valence-electron chi connectivity index (χ1n) is 12.1. The number of aliphatic hydroxyl groups excluding tert-OH is 1. The van der Waals surface area contributed by atoms with Gasteiger partial charge in [-0.25, -0.2) is 12.7 Å². The van der Waals surface area contributed by atoms with Crippen molar-refractivity contribution in [1.29, 1.82) is 0 Å². The van der Waals surface area contributed by atoms with Crippen molar-refractivity contribution in [3.05, 3.63) is 101 Å². The highest BCUT2D eigenvalue weighted by molar-refractivity contribution is 7.89. The molecule has 2 aromatic carbocycles. The number of benzene rings is 2. The number of hydrogen-bond acceptors (Lipinski definition) is 6. The third-order valence-corrected chi connectivity index (χ3v) is 8.44. The number of ketones is 1. The second kappa shape index (κ2) is 10.2. The Hall–Kier alpha value is -3.82. The first kappa shape index (κ1) is 27.2. The highest BCUT2D eigenvalue weighted by Gasteiger charge is 2.46. The van der Waals surface area contributed by atoms with Gasteiger partial charge in [0.1, 0.15) is 5.76 Å². The quantitative estimate of drug-likeness (QED) is 0.288. The number of rotatable bonds is 6. The largest absolute Gasteiger partial charge is 0.507 e. The van der Waals surface area contributed by atoms with E-state index in [2.05, 4.69) is 25.8 Å². The second-order valence-electron chi connectivity index (χ2n) is 10.5. The Kier molecular flexibility index (Phi) is 7.27. The third kappa shape index (κ3) is 5.12. The zero-order valence-electron chi connectivity index (χ0n) is 22.0. The molecule has 1 N–H and O–H groups in total. The average Bonchev–Trinajstić information content (AvgIpc) is 3.13. The highest BCUT2D eigenvalue weighted by Crippen LogP contribution is 2.41. The van der Waals surface area contributed by atoms with Crippen molar-refractivity contribution >= 4 is 27.5 Å². The number of hydrogen-bond donors (Lipinski definition) is 1. The summed E-state index contributed by atoms with van der Waals surface area (Å²) in [6.45, 7) is 6.41.